The third kappa shape index (κ3) is 5.18. The number of carbonyl (C=O) groups is 4. The standard InChI is InChI=1S/C22H23Cl2N3O7S/c1-9-14(16(26-34-9)15-11(23)6-5-7-12(15)24)18(29)17(20(30)31)25-8-13-27(10(2)28)19(21(32)33)22(3,4)35-13/h5-7,13,17,19,25H,8H2,1-4H3,(H,30,31)(H,32,33)/t13-,17-,19+/m1/s1. The molecule has 3 atom stereocenters. The van der Waals surface area contributed by atoms with Gasteiger partial charge < -0.3 is 19.6 Å². The van der Waals surface area contributed by atoms with Crippen molar-refractivity contribution < 1.29 is 33.9 Å². The predicted octanol–water partition coefficient (Wildman–Crippen LogP) is 3.34. The van der Waals surface area contributed by atoms with E-state index >= 15 is 0 Å². The van der Waals surface area contributed by atoms with Crippen LogP contribution >= 0.6 is 35.0 Å². The van der Waals surface area contributed by atoms with Gasteiger partial charge in [0, 0.05) is 23.8 Å². The fourth-order valence-electron chi connectivity index (χ4n) is 4.13. The molecule has 2 heterocycles. The van der Waals surface area contributed by atoms with E-state index in [0.717, 1.165) is 0 Å². The number of aromatic nitrogens is 1. The number of nitrogens with zero attached hydrogens (tertiary/aromatic N) is 2. The summed E-state index contributed by atoms with van der Waals surface area (Å²) < 4.78 is 4.33. The van der Waals surface area contributed by atoms with Crippen molar-refractivity contribution in [1.82, 2.24) is 15.4 Å². The third-order valence-corrected chi connectivity index (χ3v) is 7.73. The van der Waals surface area contributed by atoms with E-state index in [2.05, 4.69) is 10.5 Å². The highest BCUT2D eigenvalue weighted by atomic mass is 35.5. The summed E-state index contributed by atoms with van der Waals surface area (Å²) in [4.78, 5) is 50.8. The number of halogens is 2. The average Bonchev–Trinajstić information content (AvgIpc) is 3.24. The molecule has 2 aromatic rings. The second-order valence-corrected chi connectivity index (χ2v) is 11.1. The van der Waals surface area contributed by atoms with Crippen molar-refractivity contribution in [3.05, 3.63) is 39.6 Å². The lowest BCUT2D eigenvalue weighted by molar-refractivity contribution is -0.150. The molecular weight excluding hydrogens is 521 g/mol. The number of Topliss-reactive ketones (excluding diaryl/α,β-unsaturated/α-hetero) is 1. The minimum absolute atomic E-state index is 0.00354. The second kappa shape index (κ2) is 10.2. The molecule has 3 rings (SSSR count). The molecule has 35 heavy (non-hydrogen) atoms. The Morgan fingerprint density at radius 3 is 2.34 bits per heavy atom. The average molecular weight is 544 g/mol. The number of benzene rings is 1. The summed E-state index contributed by atoms with van der Waals surface area (Å²) in [6, 6.07) is 1.83. The highest BCUT2D eigenvalue weighted by molar-refractivity contribution is 8.01. The van der Waals surface area contributed by atoms with Gasteiger partial charge in [0.25, 0.3) is 0 Å². The van der Waals surface area contributed by atoms with E-state index in [0.29, 0.717) is 0 Å². The summed E-state index contributed by atoms with van der Waals surface area (Å²) in [5.74, 6) is -3.91. The van der Waals surface area contributed by atoms with Gasteiger partial charge in [-0.15, -0.1) is 11.8 Å². The lowest BCUT2D eigenvalue weighted by Crippen LogP contribution is -2.53. The largest absolute Gasteiger partial charge is 0.480 e. The van der Waals surface area contributed by atoms with Crippen LogP contribution in [0.1, 0.15) is 36.9 Å². The topological polar surface area (TPSA) is 150 Å². The van der Waals surface area contributed by atoms with Gasteiger partial charge in [-0.1, -0.05) is 34.4 Å². The first-order chi connectivity index (χ1) is 16.3. The predicted molar refractivity (Wildman–Crippen MR) is 130 cm³/mol. The van der Waals surface area contributed by atoms with E-state index < -0.39 is 45.8 Å². The molecule has 188 valence electrons. The molecule has 1 aromatic heterocycles. The quantitative estimate of drug-likeness (QED) is 0.334. The molecule has 0 radical (unpaired) electrons. The molecule has 1 aliphatic heterocycles. The Morgan fingerprint density at radius 2 is 1.83 bits per heavy atom. The fourth-order valence-corrected chi connectivity index (χ4v) is 6.31. The maximum atomic E-state index is 13.4. The van der Waals surface area contributed by atoms with Crippen LogP contribution in [0.4, 0.5) is 0 Å². The molecule has 1 aromatic carbocycles. The van der Waals surface area contributed by atoms with E-state index in [4.69, 9.17) is 27.7 Å². The Labute approximate surface area is 214 Å². The Morgan fingerprint density at radius 1 is 1.23 bits per heavy atom. The van der Waals surface area contributed by atoms with Crippen molar-refractivity contribution in [2.45, 2.75) is 49.9 Å². The Balaban J connectivity index is 1.92. The fraction of sp³-hybridized carbons (Fsp3) is 0.409. The summed E-state index contributed by atoms with van der Waals surface area (Å²) in [6.45, 7) is 5.91. The van der Waals surface area contributed by atoms with E-state index in [1.165, 1.54) is 30.5 Å². The van der Waals surface area contributed by atoms with Gasteiger partial charge in [-0.05, 0) is 32.9 Å². The van der Waals surface area contributed by atoms with Gasteiger partial charge in [0.1, 0.15) is 17.5 Å². The van der Waals surface area contributed by atoms with Crippen molar-refractivity contribution in [2.24, 2.45) is 0 Å². The van der Waals surface area contributed by atoms with Crippen LogP contribution in [0.3, 0.4) is 0 Å². The minimum atomic E-state index is -1.74. The van der Waals surface area contributed by atoms with Crippen LogP contribution in [0.5, 0.6) is 0 Å². The molecular formula is C22H23Cl2N3O7S. The number of ketones is 1. The Bertz CT molecular complexity index is 1180. The van der Waals surface area contributed by atoms with Crippen molar-refractivity contribution in [3.8, 4) is 11.3 Å². The van der Waals surface area contributed by atoms with E-state index in [9.17, 15) is 29.4 Å². The van der Waals surface area contributed by atoms with Gasteiger partial charge in [-0.3, -0.25) is 19.7 Å². The van der Waals surface area contributed by atoms with Gasteiger partial charge in [0.05, 0.1) is 21.0 Å². The molecule has 0 unspecified atom stereocenters. The molecule has 0 aliphatic carbocycles. The molecule has 1 fully saturated rings. The lowest BCUT2D eigenvalue weighted by atomic mass is 9.98. The van der Waals surface area contributed by atoms with Crippen molar-refractivity contribution in [3.63, 3.8) is 0 Å². The SMILES string of the molecule is CC(=O)N1[C@@H](C(=O)O)C(C)(C)S[C@@H]1CN[C@@H](C(=O)O)C(=O)c1c(-c2c(Cl)cccc2Cl)noc1C. The number of aliphatic carboxylic acids is 2. The molecule has 1 amide bonds. The molecule has 10 nitrogen and oxygen atoms in total. The Hall–Kier alpha value is -2.60. The van der Waals surface area contributed by atoms with E-state index in [1.807, 2.05) is 0 Å². The van der Waals surface area contributed by atoms with Crippen LogP contribution in [0.25, 0.3) is 11.3 Å². The zero-order chi connectivity index (χ0) is 26.2. The number of rotatable bonds is 8. The maximum absolute atomic E-state index is 13.4. The maximum Gasteiger partial charge on any atom is 0.328 e. The van der Waals surface area contributed by atoms with Gasteiger partial charge >= 0.3 is 11.9 Å². The molecule has 1 aliphatic rings. The van der Waals surface area contributed by atoms with Crippen molar-refractivity contribution in [1.29, 1.82) is 0 Å². The lowest BCUT2D eigenvalue weighted by Gasteiger charge is -2.29. The number of thioether (sulfide) groups is 1. The molecule has 0 spiro atoms. The summed E-state index contributed by atoms with van der Waals surface area (Å²) in [5, 5.41) is 25.7. The smallest absolute Gasteiger partial charge is 0.328 e. The van der Waals surface area contributed by atoms with Gasteiger partial charge in [-0.25, -0.2) is 4.79 Å². The molecule has 1 saturated heterocycles. The van der Waals surface area contributed by atoms with Crippen LogP contribution in [-0.4, -0.2) is 72.6 Å². The molecule has 0 bridgehead atoms. The summed E-state index contributed by atoms with van der Waals surface area (Å²) >= 11 is 13.7. The van der Waals surface area contributed by atoms with Gasteiger partial charge in [0.2, 0.25) is 5.91 Å². The summed E-state index contributed by atoms with van der Waals surface area (Å²) in [7, 11) is 0. The highest BCUT2D eigenvalue weighted by Crippen LogP contribution is 2.44. The summed E-state index contributed by atoms with van der Waals surface area (Å²) in [6.07, 6.45) is 0. The van der Waals surface area contributed by atoms with E-state index in [1.54, 1.807) is 32.0 Å². The normalized spacial score (nSPS) is 20.0. The van der Waals surface area contributed by atoms with Gasteiger partial charge in [0.15, 0.2) is 11.8 Å². The zero-order valence-corrected chi connectivity index (χ0v) is 21.5. The monoisotopic (exact) mass is 543 g/mol. The molecule has 0 saturated carbocycles. The first-order valence-electron chi connectivity index (χ1n) is 10.4. The van der Waals surface area contributed by atoms with Crippen LogP contribution in [0.2, 0.25) is 10.0 Å². The van der Waals surface area contributed by atoms with Crippen molar-refractivity contribution in [2.75, 3.05) is 6.54 Å². The number of hydrogen-bond acceptors (Lipinski definition) is 8. The zero-order valence-electron chi connectivity index (χ0n) is 19.2. The number of aryl methyl sites for hydroxylation is 1. The molecule has 3 N–H and O–H groups in total. The summed E-state index contributed by atoms with van der Waals surface area (Å²) in [5.41, 5.74) is 0.121. The number of nitrogens with one attached hydrogen (secondary N) is 1. The van der Waals surface area contributed by atoms with Crippen LogP contribution in [0.15, 0.2) is 22.7 Å². The first kappa shape index (κ1) is 27.0. The third-order valence-electron chi connectivity index (χ3n) is 5.60. The Kier molecular flexibility index (Phi) is 7.85. The van der Waals surface area contributed by atoms with Gasteiger partial charge in [-0.2, -0.15) is 0 Å². The first-order valence-corrected chi connectivity index (χ1v) is 12.0. The number of amides is 1. The van der Waals surface area contributed by atoms with Crippen LogP contribution < -0.4 is 5.32 Å². The molecule has 13 heteroatoms. The number of carboxylic acids is 2. The van der Waals surface area contributed by atoms with Crippen LogP contribution in [-0.2, 0) is 14.4 Å². The number of carbonyl (C=O) groups excluding carboxylic acids is 2. The minimum Gasteiger partial charge on any atom is -0.480 e. The van der Waals surface area contributed by atoms with E-state index in [-0.39, 0.29) is 39.2 Å². The second-order valence-electron chi connectivity index (χ2n) is 8.45. The highest BCUT2D eigenvalue weighted by Gasteiger charge is 2.52. The number of carboxylic acid groups (broad SMARTS) is 2. The van der Waals surface area contributed by atoms with Crippen molar-refractivity contribution >= 4 is 58.6 Å². The van der Waals surface area contributed by atoms with Crippen LogP contribution in [0, 0.1) is 6.92 Å². The number of hydrogen-bond donors (Lipinski definition) is 3.